The van der Waals surface area contributed by atoms with Crippen LogP contribution in [-0.2, 0) is 0 Å². The van der Waals surface area contributed by atoms with Gasteiger partial charge in [0.2, 0.25) is 0 Å². The smallest absolute Gasteiger partial charge is 0.124 e. The highest BCUT2D eigenvalue weighted by Crippen LogP contribution is 2.63. The molecule has 4 saturated carbocycles. The van der Waals surface area contributed by atoms with Gasteiger partial charge >= 0.3 is 0 Å². The molecule has 112 valence electrons. The molecule has 3 heteroatoms. The lowest BCUT2D eigenvalue weighted by atomic mass is 9.49. The number of phenolic OH excluding ortho intramolecular Hbond substituents is 1. The Bertz CT molecular complexity index is 568. The molecule has 5 rings (SSSR count). The first kappa shape index (κ1) is 13.6. The topological polar surface area (TPSA) is 32.6 Å². The zero-order chi connectivity index (χ0) is 14.5. The second-order valence-electron chi connectivity index (χ2n) is 7.64. The van der Waals surface area contributed by atoms with Crippen LogP contribution >= 0.6 is 11.6 Å². The number of hydrogen-bond donors (Lipinski definition) is 1. The Morgan fingerprint density at radius 1 is 1.19 bits per heavy atom. The third-order valence-electron chi connectivity index (χ3n) is 5.70. The monoisotopic (exact) mass is 303 g/mol. The summed E-state index contributed by atoms with van der Waals surface area (Å²) in [6.07, 6.45) is 9.39. The zero-order valence-corrected chi connectivity index (χ0v) is 13.0. The van der Waals surface area contributed by atoms with Crippen LogP contribution in [0.3, 0.4) is 0 Å². The molecule has 1 aromatic carbocycles. The third-order valence-corrected chi connectivity index (χ3v) is 6.15. The fourth-order valence-electron chi connectivity index (χ4n) is 5.46. The average Bonchev–Trinajstić information content (AvgIpc) is 2.38. The van der Waals surface area contributed by atoms with Gasteiger partial charge in [-0.3, -0.25) is 4.99 Å². The number of benzene rings is 1. The van der Waals surface area contributed by atoms with Crippen LogP contribution in [0.25, 0.3) is 0 Å². The van der Waals surface area contributed by atoms with E-state index in [2.05, 4.69) is 4.99 Å². The molecule has 0 aromatic heterocycles. The van der Waals surface area contributed by atoms with E-state index in [0.29, 0.717) is 11.2 Å². The Hall–Kier alpha value is -1.02. The lowest BCUT2D eigenvalue weighted by Gasteiger charge is -2.59. The van der Waals surface area contributed by atoms with Gasteiger partial charge in [-0.25, -0.2) is 0 Å². The predicted octanol–water partition coefficient (Wildman–Crippen LogP) is 4.39. The molecule has 2 nitrogen and oxygen atoms in total. The maximum absolute atomic E-state index is 9.80. The highest BCUT2D eigenvalue weighted by atomic mass is 35.5. The van der Waals surface area contributed by atoms with Crippen LogP contribution in [0.4, 0.5) is 0 Å². The summed E-state index contributed by atoms with van der Waals surface area (Å²) in [5.41, 5.74) is 1.13. The molecule has 21 heavy (non-hydrogen) atoms. The minimum atomic E-state index is 0.0640. The summed E-state index contributed by atoms with van der Waals surface area (Å²) in [4.78, 5) is 4.74. The van der Waals surface area contributed by atoms with Gasteiger partial charge < -0.3 is 5.11 Å². The molecule has 1 N–H and O–H groups in total. The predicted molar refractivity (Wildman–Crippen MR) is 86.3 cm³/mol. The lowest BCUT2D eigenvalue weighted by molar-refractivity contribution is -0.0336. The number of alkyl halides is 1. The number of aliphatic imine (C=N–C) groups is 1. The van der Waals surface area contributed by atoms with Crippen LogP contribution in [-0.4, -0.2) is 22.7 Å². The molecule has 4 atom stereocenters. The Labute approximate surface area is 131 Å². The molecule has 2 unspecified atom stereocenters. The summed E-state index contributed by atoms with van der Waals surface area (Å²) in [5.74, 6) is 1.95. The van der Waals surface area contributed by atoms with Gasteiger partial charge in [-0.1, -0.05) is 12.1 Å². The molecular weight excluding hydrogens is 282 g/mol. The van der Waals surface area contributed by atoms with Gasteiger partial charge in [-0.2, -0.15) is 0 Å². The highest BCUT2D eigenvalue weighted by molar-refractivity contribution is 6.24. The number of aromatic hydroxyl groups is 1. The highest BCUT2D eigenvalue weighted by Gasteiger charge is 2.56. The van der Waals surface area contributed by atoms with Gasteiger partial charge in [0.25, 0.3) is 0 Å². The first-order valence-electron chi connectivity index (χ1n) is 8.03. The fraction of sp³-hybridized carbons (Fsp3) is 0.611. The minimum Gasteiger partial charge on any atom is -0.507 e. The third kappa shape index (κ3) is 2.48. The number of para-hydroxylation sites is 1. The Balaban J connectivity index is 1.51. The van der Waals surface area contributed by atoms with Crippen molar-refractivity contribution in [2.75, 3.05) is 6.54 Å². The second kappa shape index (κ2) is 4.74. The summed E-state index contributed by atoms with van der Waals surface area (Å²) in [5, 5.41) is 9.80. The van der Waals surface area contributed by atoms with Crippen LogP contribution in [0.5, 0.6) is 5.75 Å². The number of hydrogen-bond acceptors (Lipinski definition) is 2. The van der Waals surface area contributed by atoms with Gasteiger partial charge in [0.05, 0.1) is 0 Å². The van der Waals surface area contributed by atoms with Gasteiger partial charge in [-0.05, 0) is 67.9 Å². The molecular formula is C18H22ClNO. The summed E-state index contributed by atoms with van der Waals surface area (Å²) in [6.45, 7) is 0.864. The largest absolute Gasteiger partial charge is 0.507 e. The molecule has 4 aliphatic rings. The van der Waals surface area contributed by atoms with Gasteiger partial charge in [0, 0.05) is 23.2 Å². The zero-order valence-electron chi connectivity index (χ0n) is 12.3. The SMILES string of the molecule is Oc1ccccc1C=NCC12C[C@@H]3C[C@@H](CC(Cl)(C3)C1)C2. The summed E-state index contributed by atoms with van der Waals surface area (Å²) in [6, 6.07) is 7.38. The van der Waals surface area contributed by atoms with Crippen molar-refractivity contribution < 1.29 is 5.11 Å². The first-order valence-corrected chi connectivity index (χ1v) is 8.41. The van der Waals surface area contributed by atoms with Crippen LogP contribution in [0.15, 0.2) is 29.3 Å². The molecule has 0 amide bonds. The van der Waals surface area contributed by atoms with E-state index in [4.69, 9.17) is 11.6 Å². The molecule has 0 aliphatic heterocycles. The van der Waals surface area contributed by atoms with Gasteiger partial charge in [0.1, 0.15) is 5.75 Å². The number of halogens is 1. The van der Waals surface area contributed by atoms with Crippen molar-refractivity contribution in [1.29, 1.82) is 0 Å². The second-order valence-corrected chi connectivity index (χ2v) is 8.44. The van der Waals surface area contributed by atoms with E-state index >= 15 is 0 Å². The van der Waals surface area contributed by atoms with E-state index in [1.807, 2.05) is 24.4 Å². The molecule has 0 spiro atoms. The Kier molecular flexibility index (Phi) is 3.08. The van der Waals surface area contributed by atoms with Crippen molar-refractivity contribution in [2.45, 2.75) is 43.4 Å². The van der Waals surface area contributed by atoms with E-state index in [1.165, 1.54) is 32.1 Å². The van der Waals surface area contributed by atoms with Gasteiger partial charge in [-0.15, -0.1) is 11.6 Å². The van der Waals surface area contributed by atoms with E-state index in [9.17, 15) is 5.11 Å². The van der Waals surface area contributed by atoms with Crippen LogP contribution in [0, 0.1) is 17.3 Å². The van der Waals surface area contributed by atoms with Crippen LogP contribution in [0.1, 0.15) is 44.1 Å². The normalized spacial score (nSPS) is 41.0. The maximum atomic E-state index is 9.80. The van der Waals surface area contributed by atoms with Crippen molar-refractivity contribution in [3.8, 4) is 5.75 Å². The van der Waals surface area contributed by atoms with Crippen molar-refractivity contribution in [2.24, 2.45) is 22.2 Å². The Morgan fingerprint density at radius 2 is 1.90 bits per heavy atom. The number of nitrogens with zero attached hydrogens (tertiary/aromatic N) is 1. The van der Waals surface area contributed by atoms with E-state index in [1.54, 1.807) is 6.07 Å². The number of phenols is 1. The summed E-state index contributed by atoms with van der Waals surface area (Å²) in [7, 11) is 0. The molecule has 4 aliphatic carbocycles. The van der Waals surface area contributed by atoms with E-state index in [-0.39, 0.29) is 4.87 Å². The molecule has 4 fully saturated rings. The molecule has 0 heterocycles. The van der Waals surface area contributed by atoms with Crippen molar-refractivity contribution >= 4 is 17.8 Å². The quantitative estimate of drug-likeness (QED) is 0.652. The summed E-state index contributed by atoms with van der Waals surface area (Å²) < 4.78 is 0. The maximum Gasteiger partial charge on any atom is 0.124 e. The van der Waals surface area contributed by atoms with Crippen molar-refractivity contribution in [3.05, 3.63) is 29.8 Å². The number of rotatable bonds is 3. The van der Waals surface area contributed by atoms with Crippen LogP contribution in [0.2, 0.25) is 0 Å². The first-order chi connectivity index (χ1) is 10.1. The van der Waals surface area contributed by atoms with E-state index in [0.717, 1.165) is 30.4 Å². The van der Waals surface area contributed by atoms with E-state index < -0.39 is 0 Å². The van der Waals surface area contributed by atoms with Crippen molar-refractivity contribution in [3.63, 3.8) is 0 Å². The Morgan fingerprint density at radius 3 is 2.57 bits per heavy atom. The average molecular weight is 304 g/mol. The van der Waals surface area contributed by atoms with Crippen LogP contribution < -0.4 is 0 Å². The summed E-state index contributed by atoms with van der Waals surface area (Å²) >= 11 is 6.85. The molecule has 4 bridgehead atoms. The molecule has 0 radical (unpaired) electrons. The fourth-order valence-corrected chi connectivity index (χ4v) is 6.18. The lowest BCUT2D eigenvalue weighted by Crippen LogP contribution is -2.54. The van der Waals surface area contributed by atoms with Crippen molar-refractivity contribution in [1.82, 2.24) is 0 Å². The minimum absolute atomic E-state index is 0.0640. The molecule has 1 aromatic rings. The van der Waals surface area contributed by atoms with Gasteiger partial charge in [0.15, 0.2) is 0 Å². The standard InChI is InChI=1S/C18H22ClNO/c19-18-8-13-5-14(9-18)7-17(6-13,11-18)12-20-10-15-3-1-2-4-16(15)21/h1-4,10,13-14,21H,5-9,11-12H2/t13-,14+,17?,18?. The molecule has 0 saturated heterocycles.